The summed E-state index contributed by atoms with van der Waals surface area (Å²) in [4.78, 5) is 5.01. The van der Waals surface area contributed by atoms with Gasteiger partial charge in [-0.2, -0.15) is 0 Å². The Bertz CT molecular complexity index is 99.4. The molecule has 0 nitrogen and oxygen atoms in total. The van der Waals surface area contributed by atoms with Crippen molar-refractivity contribution in [3.63, 3.8) is 0 Å². The molecule has 0 heterocycles. The van der Waals surface area contributed by atoms with Crippen molar-refractivity contribution >= 4 is 29.9 Å². The molecule has 0 aromatic carbocycles. The fourth-order valence-electron chi connectivity index (χ4n) is 0.550. The molecular formula is C8H14Se2. The van der Waals surface area contributed by atoms with Crippen molar-refractivity contribution in [3.8, 4) is 0 Å². The molecule has 0 saturated heterocycles. The third-order valence-corrected chi connectivity index (χ3v) is 4.45. The van der Waals surface area contributed by atoms with Crippen LogP contribution in [0.5, 0.6) is 0 Å². The van der Waals surface area contributed by atoms with Crippen LogP contribution in [0.2, 0.25) is 10.1 Å². The first kappa shape index (κ1) is 10.5. The maximum absolute atomic E-state index is 3.74. The van der Waals surface area contributed by atoms with E-state index < -0.39 is 0 Å². The molecule has 0 aliphatic carbocycles. The molecule has 10 heavy (non-hydrogen) atoms. The van der Waals surface area contributed by atoms with E-state index in [0.717, 1.165) is 4.82 Å². The van der Waals surface area contributed by atoms with Crippen molar-refractivity contribution in [3.05, 3.63) is 23.1 Å². The molecule has 0 aromatic rings. The molecule has 1 unspecified atom stereocenters. The van der Waals surface area contributed by atoms with Gasteiger partial charge in [0.15, 0.2) is 0 Å². The van der Waals surface area contributed by atoms with Crippen molar-refractivity contribution in [1.82, 2.24) is 0 Å². The van der Waals surface area contributed by atoms with Crippen LogP contribution in [0.4, 0.5) is 0 Å². The summed E-state index contributed by atoms with van der Waals surface area (Å²) >= 11 is 1.35. The Morgan fingerprint density at radius 2 is 2.10 bits per heavy atom. The van der Waals surface area contributed by atoms with Gasteiger partial charge in [0.05, 0.1) is 0 Å². The molecule has 1 atom stereocenters. The summed E-state index contributed by atoms with van der Waals surface area (Å²) < 4.78 is 0. The normalized spacial score (nSPS) is 12.5. The zero-order valence-electron chi connectivity index (χ0n) is 6.38. The first-order valence-corrected chi connectivity index (χ1v) is 7.48. The second-order valence-corrected chi connectivity index (χ2v) is 7.15. The molecule has 0 radical (unpaired) electrons. The molecule has 0 bridgehead atoms. The second-order valence-electron chi connectivity index (χ2n) is 1.94. The fraction of sp³-hybridized carbons (Fsp3) is 0.500. The average Bonchev–Trinajstić information content (AvgIpc) is 1.89. The van der Waals surface area contributed by atoms with Gasteiger partial charge in [-0.25, -0.2) is 0 Å². The van der Waals surface area contributed by atoms with Gasteiger partial charge in [0.1, 0.15) is 0 Å². The Hall–Kier alpha value is 0.519. The van der Waals surface area contributed by atoms with Crippen molar-refractivity contribution in [2.75, 3.05) is 0 Å². The van der Waals surface area contributed by atoms with Crippen LogP contribution in [0.1, 0.15) is 13.3 Å². The number of hydrogen-bond donors (Lipinski definition) is 0. The second kappa shape index (κ2) is 7.62. The fourth-order valence-corrected chi connectivity index (χ4v) is 3.91. The first-order valence-electron chi connectivity index (χ1n) is 3.30. The molecule has 0 aliphatic heterocycles. The molecule has 0 amide bonds. The zero-order valence-corrected chi connectivity index (χ0v) is 9.80. The van der Waals surface area contributed by atoms with Crippen LogP contribution < -0.4 is 0 Å². The summed E-state index contributed by atoms with van der Waals surface area (Å²) in [5.41, 5.74) is 0. The molecule has 0 aromatic heterocycles. The molecule has 0 rings (SSSR count). The van der Waals surface area contributed by atoms with Crippen LogP contribution in [0.3, 0.4) is 0 Å². The van der Waals surface area contributed by atoms with Gasteiger partial charge >= 0.3 is 76.5 Å². The summed E-state index contributed by atoms with van der Waals surface area (Å²) in [6.45, 7) is 9.76. The van der Waals surface area contributed by atoms with Gasteiger partial charge < -0.3 is 0 Å². The summed E-state index contributed by atoms with van der Waals surface area (Å²) in [5, 5.41) is 1.35. The minimum atomic E-state index is 0.664. The zero-order chi connectivity index (χ0) is 7.82. The van der Waals surface area contributed by atoms with E-state index in [-0.39, 0.29) is 0 Å². The van der Waals surface area contributed by atoms with Gasteiger partial charge in [-0.15, -0.1) is 0 Å². The van der Waals surface area contributed by atoms with Crippen LogP contribution >= 0.6 is 0 Å². The summed E-state index contributed by atoms with van der Waals surface area (Å²) in [7, 11) is 0. The molecule has 58 valence electrons. The van der Waals surface area contributed by atoms with E-state index in [1.165, 1.54) is 11.7 Å². The van der Waals surface area contributed by atoms with Gasteiger partial charge in [0, 0.05) is 0 Å². The van der Waals surface area contributed by atoms with Crippen LogP contribution in [-0.4, -0.2) is 29.9 Å². The Morgan fingerprint density at radius 1 is 1.40 bits per heavy atom. The third kappa shape index (κ3) is 6.64. The van der Waals surface area contributed by atoms with Gasteiger partial charge in [0.25, 0.3) is 0 Å². The molecule has 0 N–H and O–H groups in total. The summed E-state index contributed by atoms with van der Waals surface area (Å²) in [5.74, 6) is 0. The van der Waals surface area contributed by atoms with Crippen LogP contribution in [0.25, 0.3) is 0 Å². The van der Waals surface area contributed by atoms with Crippen molar-refractivity contribution in [1.29, 1.82) is 0 Å². The summed E-state index contributed by atoms with van der Waals surface area (Å²) in [6.07, 6.45) is 1.36. The van der Waals surface area contributed by atoms with Crippen molar-refractivity contribution in [2.24, 2.45) is 0 Å². The van der Waals surface area contributed by atoms with E-state index in [2.05, 4.69) is 30.0 Å². The summed E-state index contributed by atoms with van der Waals surface area (Å²) in [6, 6.07) is 0. The average molecular weight is 268 g/mol. The van der Waals surface area contributed by atoms with Gasteiger partial charge in [-0.3, -0.25) is 0 Å². The minimum absolute atomic E-state index is 0.664. The predicted molar refractivity (Wildman–Crippen MR) is 50.8 cm³/mol. The predicted octanol–water partition coefficient (Wildman–Crippen LogP) is 2.30. The Balaban J connectivity index is 3.11. The molecule has 0 fully saturated rings. The van der Waals surface area contributed by atoms with E-state index in [0.29, 0.717) is 29.9 Å². The van der Waals surface area contributed by atoms with E-state index >= 15 is 0 Å². The Labute approximate surface area is 76.5 Å². The topological polar surface area (TPSA) is 0 Å². The Kier molecular flexibility index (Phi) is 8.02. The van der Waals surface area contributed by atoms with Gasteiger partial charge in [-0.1, -0.05) is 0 Å². The number of hydrogen-bond acceptors (Lipinski definition) is 0. The molecule has 2 heteroatoms. The standard InChI is InChI=1S/C8H14Se2/c1-4-9-7-6-8(3)10-5-2/h4-5,8H,1-2,6-7H2,3H3. The van der Waals surface area contributed by atoms with E-state index in [9.17, 15) is 0 Å². The van der Waals surface area contributed by atoms with Crippen molar-refractivity contribution < 1.29 is 0 Å². The van der Waals surface area contributed by atoms with Gasteiger partial charge in [0.2, 0.25) is 0 Å². The van der Waals surface area contributed by atoms with Crippen molar-refractivity contribution in [2.45, 2.75) is 23.5 Å². The third-order valence-electron chi connectivity index (χ3n) is 1.09. The SMILES string of the molecule is C=C[Se]CCC(C)[Se]C=C. The molecule has 0 saturated carbocycles. The Morgan fingerprint density at radius 3 is 2.60 bits per heavy atom. The first-order chi connectivity index (χ1) is 4.81. The quantitative estimate of drug-likeness (QED) is 0.512. The molecule has 0 aliphatic rings. The van der Waals surface area contributed by atoms with E-state index in [4.69, 9.17) is 0 Å². The molecule has 0 spiro atoms. The number of rotatable bonds is 6. The van der Waals surface area contributed by atoms with E-state index in [1.54, 1.807) is 0 Å². The monoisotopic (exact) mass is 270 g/mol. The van der Waals surface area contributed by atoms with Crippen LogP contribution in [0.15, 0.2) is 23.1 Å². The van der Waals surface area contributed by atoms with E-state index in [1.807, 2.05) is 0 Å². The van der Waals surface area contributed by atoms with Gasteiger partial charge in [-0.05, 0) is 0 Å². The van der Waals surface area contributed by atoms with Crippen LogP contribution in [0, 0.1) is 0 Å². The van der Waals surface area contributed by atoms with Crippen LogP contribution in [-0.2, 0) is 0 Å². The molecular weight excluding hydrogens is 254 g/mol. The maximum atomic E-state index is 3.74.